The fourth-order valence-electron chi connectivity index (χ4n) is 4.15. The maximum atomic E-state index is 5.01. The molecule has 3 fully saturated rings. The molecule has 0 atom stereocenters. The first-order chi connectivity index (χ1) is 17.7. The molecular formula is C24H35N11O. The second kappa shape index (κ2) is 12.0. The van der Waals surface area contributed by atoms with Crippen LogP contribution in [0.15, 0.2) is 31.1 Å². The summed E-state index contributed by atoms with van der Waals surface area (Å²) in [5.41, 5.74) is 2.08. The van der Waals surface area contributed by atoms with Crippen LogP contribution in [-0.2, 0) is 18.2 Å². The Morgan fingerprint density at radius 2 is 1.67 bits per heavy atom. The highest BCUT2D eigenvalue weighted by Gasteiger charge is 2.22. The summed E-state index contributed by atoms with van der Waals surface area (Å²) in [6, 6.07) is 0. The minimum atomic E-state index is 0.514. The molecule has 1 aliphatic carbocycles. The topological polar surface area (TPSA) is 122 Å². The van der Waals surface area contributed by atoms with Crippen LogP contribution in [0.3, 0.4) is 0 Å². The number of nitrogens with one attached hydrogen (secondary N) is 2. The molecule has 3 aromatic heterocycles. The van der Waals surface area contributed by atoms with E-state index in [2.05, 4.69) is 50.5 Å². The molecule has 12 heteroatoms. The van der Waals surface area contributed by atoms with Gasteiger partial charge in [0, 0.05) is 64.9 Å². The van der Waals surface area contributed by atoms with Crippen molar-refractivity contribution in [2.75, 3.05) is 67.6 Å². The molecule has 36 heavy (non-hydrogen) atoms. The van der Waals surface area contributed by atoms with Gasteiger partial charge in [0.1, 0.15) is 6.33 Å². The molecule has 12 nitrogen and oxygen atoms in total. The lowest BCUT2D eigenvalue weighted by Gasteiger charge is -2.34. The van der Waals surface area contributed by atoms with Crippen molar-refractivity contribution in [2.24, 2.45) is 13.0 Å². The van der Waals surface area contributed by atoms with Crippen LogP contribution >= 0.6 is 0 Å². The minimum absolute atomic E-state index is 0.514. The zero-order valence-corrected chi connectivity index (χ0v) is 20.9. The fourth-order valence-corrected chi connectivity index (χ4v) is 4.15. The van der Waals surface area contributed by atoms with Gasteiger partial charge in [-0.1, -0.05) is 12.8 Å². The molecule has 3 aromatic rings. The number of hydrogen-bond donors (Lipinski definition) is 2. The largest absolute Gasteiger partial charge is 0.379 e. The van der Waals surface area contributed by atoms with Crippen LogP contribution in [0.2, 0.25) is 0 Å². The zero-order valence-electron chi connectivity index (χ0n) is 20.9. The number of anilines is 4. The number of morpholine rings is 1. The molecule has 0 bridgehead atoms. The molecule has 2 N–H and O–H groups in total. The van der Waals surface area contributed by atoms with E-state index < -0.39 is 0 Å². The average molecular weight is 494 g/mol. The van der Waals surface area contributed by atoms with E-state index in [1.54, 1.807) is 10.9 Å². The van der Waals surface area contributed by atoms with Gasteiger partial charge in [0.05, 0.1) is 25.1 Å². The predicted molar refractivity (Wildman–Crippen MR) is 138 cm³/mol. The summed E-state index contributed by atoms with van der Waals surface area (Å²) in [6.07, 6.45) is 14.3. The van der Waals surface area contributed by atoms with Crippen molar-refractivity contribution in [3.05, 3.63) is 36.7 Å². The molecule has 0 spiro atoms. The Morgan fingerprint density at radius 3 is 2.25 bits per heavy atom. The van der Waals surface area contributed by atoms with E-state index in [9.17, 15) is 0 Å². The van der Waals surface area contributed by atoms with Gasteiger partial charge in [-0.2, -0.15) is 10.1 Å². The normalized spacial score (nSPS) is 17.9. The quantitative estimate of drug-likeness (QED) is 0.497. The summed E-state index contributed by atoms with van der Waals surface area (Å²) >= 11 is 0. The number of hydrogen-bond acceptors (Lipinski definition) is 11. The highest BCUT2D eigenvalue weighted by molar-refractivity contribution is 5.51. The molecule has 1 saturated carbocycles. The van der Waals surface area contributed by atoms with Crippen molar-refractivity contribution < 1.29 is 4.74 Å². The minimum Gasteiger partial charge on any atom is -0.379 e. The Balaban J connectivity index is 0.000000391. The van der Waals surface area contributed by atoms with Crippen LogP contribution in [0.5, 0.6) is 0 Å². The van der Waals surface area contributed by atoms with Crippen molar-refractivity contribution in [2.45, 2.75) is 25.7 Å². The standard InChI is InChI=1S/C20H26N10.C4H9NO/c1-28-13-17(12-25-28)26-18-23-14-24-20(27-18)30-8-6-29(7-9-30)19-21-10-16(11-22-19)5-4-15-2-3-15;1-3-6-4-2-5-1/h10-15H,2-9H2,1H3,(H,23,24,26,27);5H,1-4H2. The van der Waals surface area contributed by atoms with Crippen molar-refractivity contribution in [1.29, 1.82) is 0 Å². The van der Waals surface area contributed by atoms with E-state index in [4.69, 9.17) is 4.74 Å². The number of ether oxygens (including phenoxy) is 1. The Labute approximate surface area is 211 Å². The van der Waals surface area contributed by atoms with Gasteiger partial charge in [-0.05, 0) is 24.3 Å². The van der Waals surface area contributed by atoms with Gasteiger partial charge >= 0.3 is 0 Å². The van der Waals surface area contributed by atoms with E-state index in [0.29, 0.717) is 11.9 Å². The molecular weight excluding hydrogens is 458 g/mol. The van der Waals surface area contributed by atoms with Crippen LogP contribution < -0.4 is 20.4 Å². The number of rotatable bonds is 7. The van der Waals surface area contributed by atoms with Gasteiger partial charge in [-0.15, -0.1) is 0 Å². The first kappa shape index (κ1) is 24.3. The summed E-state index contributed by atoms with van der Waals surface area (Å²) < 4.78 is 6.73. The lowest BCUT2D eigenvalue weighted by Crippen LogP contribution is -2.47. The molecule has 192 valence electrons. The van der Waals surface area contributed by atoms with Crippen LogP contribution in [0, 0.1) is 5.92 Å². The van der Waals surface area contributed by atoms with Gasteiger partial charge in [0.15, 0.2) is 0 Å². The van der Waals surface area contributed by atoms with Crippen molar-refractivity contribution >= 4 is 23.5 Å². The maximum absolute atomic E-state index is 5.01. The number of piperazine rings is 1. The van der Waals surface area contributed by atoms with E-state index in [1.807, 2.05) is 25.6 Å². The summed E-state index contributed by atoms with van der Waals surface area (Å²) in [7, 11) is 1.87. The van der Waals surface area contributed by atoms with Gasteiger partial charge in [0.2, 0.25) is 17.8 Å². The van der Waals surface area contributed by atoms with E-state index in [1.165, 1.54) is 31.2 Å². The van der Waals surface area contributed by atoms with E-state index >= 15 is 0 Å². The lowest BCUT2D eigenvalue weighted by molar-refractivity contribution is 0.109. The summed E-state index contributed by atoms with van der Waals surface area (Å²) in [6.45, 7) is 7.11. The molecule has 0 aromatic carbocycles. The van der Waals surface area contributed by atoms with Crippen molar-refractivity contribution in [1.82, 2.24) is 40.0 Å². The average Bonchev–Trinajstić information content (AvgIpc) is 3.69. The summed E-state index contributed by atoms with van der Waals surface area (Å²) in [5, 5.41) is 10.5. The molecule has 2 saturated heterocycles. The van der Waals surface area contributed by atoms with Crippen LogP contribution in [0.25, 0.3) is 0 Å². The fraction of sp³-hybridized carbons (Fsp3) is 0.583. The second-order valence-electron chi connectivity index (χ2n) is 9.35. The maximum Gasteiger partial charge on any atom is 0.232 e. The van der Waals surface area contributed by atoms with Crippen LogP contribution in [-0.4, -0.2) is 87.2 Å². The molecule has 2 aliphatic heterocycles. The molecule has 0 amide bonds. The second-order valence-corrected chi connectivity index (χ2v) is 9.35. The highest BCUT2D eigenvalue weighted by atomic mass is 16.5. The van der Waals surface area contributed by atoms with Gasteiger partial charge < -0.3 is 25.2 Å². The smallest absolute Gasteiger partial charge is 0.232 e. The van der Waals surface area contributed by atoms with E-state index in [0.717, 1.165) is 76.5 Å². The Bertz CT molecular complexity index is 1060. The summed E-state index contributed by atoms with van der Waals surface area (Å²) in [5.74, 6) is 2.93. The SMILES string of the molecule is C1COCCN1.Cn1cc(Nc2ncnc(N3CCN(c4ncc(CCC5CC5)cn4)CC3)n2)cn1. The van der Waals surface area contributed by atoms with E-state index in [-0.39, 0.29) is 0 Å². The first-order valence-corrected chi connectivity index (χ1v) is 12.8. The van der Waals surface area contributed by atoms with Crippen LogP contribution in [0.1, 0.15) is 24.8 Å². The Morgan fingerprint density at radius 1 is 0.944 bits per heavy atom. The summed E-state index contributed by atoms with van der Waals surface area (Å²) in [4.78, 5) is 26.7. The predicted octanol–water partition coefficient (Wildman–Crippen LogP) is 1.41. The van der Waals surface area contributed by atoms with Gasteiger partial charge in [-0.3, -0.25) is 4.68 Å². The highest BCUT2D eigenvalue weighted by Crippen LogP contribution is 2.33. The monoisotopic (exact) mass is 493 g/mol. The Kier molecular flexibility index (Phi) is 8.13. The third-order valence-corrected chi connectivity index (χ3v) is 6.44. The molecule has 5 heterocycles. The van der Waals surface area contributed by atoms with Gasteiger partial charge in [0.25, 0.3) is 0 Å². The zero-order chi connectivity index (χ0) is 24.6. The van der Waals surface area contributed by atoms with Crippen molar-refractivity contribution in [3.63, 3.8) is 0 Å². The molecule has 0 radical (unpaired) electrons. The molecule has 0 unspecified atom stereocenters. The first-order valence-electron chi connectivity index (χ1n) is 12.8. The number of nitrogens with zero attached hydrogens (tertiary/aromatic N) is 9. The molecule has 6 rings (SSSR count). The number of aryl methyl sites for hydroxylation is 2. The van der Waals surface area contributed by atoms with Crippen molar-refractivity contribution in [3.8, 4) is 0 Å². The van der Waals surface area contributed by atoms with Crippen LogP contribution in [0.4, 0.5) is 23.5 Å². The number of aromatic nitrogens is 7. The molecule has 3 aliphatic rings. The lowest BCUT2D eigenvalue weighted by atomic mass is 10.1. The Hall–Kier alpha value is -3.38. The third-order valence-electron chi connectivity index (χ3n) is 6.44. The third kappa shape index (κ3) is 7.08. The van der Waals surface area contributed by atoms with Gasteiger partial charge in [-0.25, -0.2) is 19.9 Å².